The van der Waals surface area contributed by atoms with Gasteiger partial charge in [-0.1, -0.05) is 41.9 Å². The number of ether oxygens (including phenoxy) is 1. The van der Waals surface area contributed by atoms with Gasteiger partial charge in [0.2, 0.25) is 0 Å². The van der Waals surface area contributed by atoms with Gasteiger partial charge in [-0.25, -0.2) is 0 Å². The topological polar surface area (TPSA) is 35.2 Å². The highest BCUT2D eigenvalue weighted by Crippen LogP contribution is 2.27. The maximum absolute atomic E-state index is 6.30. The Balaban J connectivity index is 2.15. The molecule has 0 aromatic heterocycles. The van der Waals surface area contributed by atoms with Gasteiger partial charge in [-0.3, -0.25) is 0 Å². The van der Waals surface area contributed by atoms with E-state index < -0.39 is 0 Å². The van der Waals surface area contributed by atoms with Crippen LogP contribution in [0.4, 0.5) is 0 Å². The van der Waals surface area contributed by atoms with Crippen LogP contribution in [0, 0.1) is 6.92 Å². The number of hydrogen-bond acceptors (Lipinski definition) is 2. The lowest BCUT2D eigenvalue weighted by Crippen LogP contribution is -2.14. The molecule has 19 heavy (non-hydrogen) atoms. The molecule has 1 unspecified atom stereocenters. The van der Waals surface area contributed by atoms with Gasteiger partial charge in [0, 0.05) is 11.1 Å². The number of hydrogen-bond donors (Lipinski definition) is 1. The average Bonchev–Trinajstić information content (AvgIpc) is 2.42. The third kappa shape index (κ3) is 3.28. The molecule has 0 aliphatic carbocycles. The van der Waals surface area contributed by atoms with Gasteiger partial charge in [0.05, 0.1) is 7.11 Å². The minimum absolute atomic E-state index is 0.0965. The van der Waals surface area contributed by atoms with Gasteiger partial charge in [-0.05, 0) is 42.2 Å². The molecule has 0 spiro atoms. The molecular weight excluding hydrogens is 258 g/mol. The summed E-state index contributed by atoms with van der Waals surface area (Å²) in [6.07, 6.45) is 0.757. The first kappa shape index (κ1) is 13.9. The third-order valence-corrected chi connectivity index (χ3v) is 3.75. The summed E-state index contributed by atoms with van der Waals surface area (Å²) >= 11 is 6.30. The van der Waals surface area contributed by atoms with Gasteiger partial charge in [0.25, 0.3) is 0 Å². The number of aryl methyl sites for hydroxylation is 1. The first-order valence-electron chi connectivity index (χ1n) is 6.25. The number of nitrogens with two attached hydrogens (primary N) is 1. The van der Waals surface area contributed by atoms with E-state index in [1.165, 1.54) is 5.56 Å². The molecule has 2 N–H and O–H groups in total. The van der Waals surface area contributed by atoms with Crippen LogP contribution in [0.15, 0.2) is 42.5 Å². The van der Waals surface area contributed by atoms with Gasteiger partial charge in [-0.2, -0.15) is 0 Å². The molecule has 0 fully saturated rings. The fourth-order valence-corrected chi connectivity index (χ4v) is 2.35. The van der Waals surface area contributed by atoms with E-state index >= 15 is 0 Å². The Bertz CT molecular complexity index is 551. The molecule has 0 saturated carbocycles. The zero-order valence-electron chi connectivity index (χ0n) is 11.2. The zero-order valence-corrected chi connectivity index (χ0v) is 11.9. The summed E-state index contributed by atoms with van der Waals surface area (Å²) in [5, 5.41) is 0.767. The number of methoxy groups -OCH3 is 1. The Morgan fingerprint density at radius 1 is 1.16 bits per heavy atom. The van der Waals surface area contributed by atoms with E-state index in [4.69, 9.17) is 22.1 Å². The fourth-order valence-electron chi connectivity index (χ4n) is 2.08. The Hall–Kier alpha value is -1.51. The van der Waals surface area contributed by atoms with Crippen LogP contribution in [0.3, 0.4) is 0 Å². The molecule has 0 radical (unpaired) electrons. The lowest BCUT2D eigenvalue weighted by atomic mass is 9.98. The maximum atomic E-state index is 6.30. The molecule has 0 aliphatic heterocycles. The Labute approximate surface area is 119 Å². The van der Waals surface area contributed by atoms with Gasteiger partial charge in [0.1, 0.15) is 5.75 Å². The maximum Gasteiger partial charge on any atom is 0.118 e. The van der Waals surface area contributed by atoms with Crippen LogP contribution >= 0.6 is 11.6 Å². The van der Waals surface area contributed by atoms with Crippen molar-refractivity contribution in [2.24, 2.45) is 5.73 Å². The minimum Gasteiger partial charge on any atom is -0.497 e. The molecule has 0 saturated heterocycles. The highest BCUT2D eigenvalue weighted by Gasteiger charge is 2.12. The van der Waals surface area contributed by atoms with E-state index in [2.05, 4.69) is 0 Å². The van der Waals surface area contributed by atoms with Crippen LogP contribution in [-0.2, 0) is 6.42 Å². The van der Waals surface area contributed by atoms with Crippen molar-refractivity contribution in [2.75, 3.05) is 7.11 Å². The summed E-state index contributed by atoms with van der Waals surface area (Å²) in [6, 6.07) is 13.8. The van der Waals surface area contributed by atoms with Crippen molar-refractivity contribution in [3.63, 3.8) is 0 Å². The highest BCUT2D eigenvalue weighted by molar-refractivity contribution is 6.32. The molecule has 3 heteroatoms. The number of benzene rings is 2. The van der Waals surface area contributed by atoms with Crippen molar-refractivity contribution < 1.29 is 4.74 Å². The van der Waals surface area contributed by atoms with Crippen LogP contribution in [0.5, 0.6) is 5.75 Å². The lowest BCUT2D eigenvalue weighted by molar-refractivity contribution is 0.414. The van der Waals surface area contributed by atoms with Gasteiger partial charge >= 0.3 is 0 Å². The van der Waals surface area contributed by atoms with Crippen molar-refractivity contribution in [2.45, 2.75) is 19.4 Å². The molecule has 0 heterocycles. The van der Waals surface area contributed by atoms with Crippen molar-refractivity contribution in [1.82, 2.24) is 0 Å². The van der Waals surface area contributed by atoms with Crippen LogP contribution in [-0.4, -0.2) is 7.11 Å². The first-order chi connectivity index (χ1) is 9.11. The van der Waals surface area contributed by atoms with E-state index in [0.717, 1.165) is 28.3 Å². The summed E-state index contributed by atoms with van der Waals surface area (Å²) in [6.45, 7) is 1.99. The lowest BCUT2D eigenvalue weighted by Gasteiger charge is -2.15. The third-order valence-electron chi connectivity index (χ3n) is 3.24. The first-order valence-corrected chi connectivity index (χ1v) is 6.63. The molecule has 2 rings (SSSR count). The van der Waals surface area contributed by atoms with E-state index in [1.807, 2.05) is 49.4 Å². The minimum atomic E-state index is -0.0965. The molecule has 100 valence electrons. The predicted molar refractivity (Wildman–Crippen MR) is 79.8 cm³/mol. The SMILES string of the molecule is COc1ccc(CC(N)c2cccc(C)c2Cl)cc1. The van der Waals surface area contributed by atoms with E-state index in [0.29, 0.717) is 0 Å². The number of rotatable bonds is 4. The summed E-state index contributed by atoms with van der Waals surface area (Å²) in [7, 11) is 1.66. The highest BCUT2D eigenvalue weighted by atomic mass is 35.5. The van der Waals surface area contributed by atoms with Crippen molar-refractivity contribution in [3.8, 4) is 5.75 Å². The summed E-state index contributed by atoms with van der Waals surface area (Å²) in [4.78, 5) is 0. The Morgan fingerprint density at radius 2 is 1.84 bits per heavy atom. The van der Waals surface area contributed by atoms with E-state index in [9.17, 15) is 0 Å². The number of halogens is 1. The molecule has 0 amide bonds. The predicted octanol–water partition coefficient (Wildman–Crippen LogP) is 3.90. The van der Waals surface area contributed by atoms with E-state index in [-0.39, 0.29) is 6.04 Å². The summed E-state index contributed by atoms with van der Waals surface area (Å²) in [5.74, 6) is 0.853. The van der Waals surface area contributed by atoms with Crippen LogP contribution in [0.2, 0.25) is 5.02 Å². The second-order valence-electron chi connectivity index (χ2n) is 4.64. The summed E-state index contributed by atoms with van der Waals surface area (Å²) < 4.78 is 5.14. The quantitative estimate of drug-likeness (QED) is 0.918. The Morgan fingerprint density at radius 3 is 2.47 bits per heavy atom. The molecular formula is C16H18ClNO. The molecule has 2 aromatic rings. The van der Waals surface area contributed by atoms with Crippen molar-refractivity contribution >= 4 is 11.6 Å². The smallest absolute Gasteiger partial charge is 0.118 e. The Kier molecular flexibility index (Phi) is 4.46. The second-order valence-corrected chi connectivity index (χ2v) is 5.01. The largest absolute Gasteiger partial charge is 0.497 e. The van der Waals surface area contributed by atoms with E-state index in [1.54, 1.807) is 7.11 Å². The normalized spacial score (nSPS) is 12.2. The van der Waals surface area contributed by atoms with Gasteiger partial charge < -0.3 is 10.5 Å². The van der Waals surface area contributed by atoms with Gasteiger partial charge in [-0.15, -0.1) is 0 Å². The molecule has 0 bridgehead atoms. The summed E-state index contributed by atoms with van der Waals surface area (Å²) in [5.41, 5.74) is 9.48. The molecule has 1 atom stereocenters. The second kappa shape index (κ2) is 6.09. The van der Waals surface area contributed by atoms with Crippen LogP contribution in [0.1, 0.15) is 22.7 Å². The van der Waals surface area contributed by atoms with Gasteiger partial charge in [0.15, 0.2) is 0 Å². The molecule has 2 aromatic carbocycles. The van der Waals surface area contributed by atoms with Crippen molar-refractivity contribution in [3.05, 3.63) is 64.2 Å². The fraction of sp³-hybridized carbons (Fsp3) is 0.250. The molecule has 2 nitrogen and oxygen atoms in total. The zero-order chi connectivity index (χ0) is 13.8. The van der Waals surface area contributed by atoms with Crippen molar-refractivity contribution in [1.29, 1.82) is 0 Å². The molecule has 0 aliphatic rings. The van der Waals surface area contributed by atoms with Crippen LogP contribution < -0.4 is 10.5 Å². The van der Waals surface area contributed by atoms with Crippen LogP contribution in [0.25, 0.3) is 0 Å². The standard InChI is InChI=1S/C16H18ClNO/c1-11-4-3-5-14(16(11)17)15(18)10-12-6-8-13(19-2)9-7-12/h3-9,15H,10,18H2,1-2H3. The monoisotopic (exact) mass is 275 g/mol. The average molecular weight is 276 g/mol.